The average molecular weight is 316 g/mol. The molecular formula is C19H28N2O2. The molecule has 3 rings (SSSR count). The fraction of sp³-hybridized carbons (Fsp3) is 0.632. The molecule has 0 spiro atoms. The maximum absolute atomic E-state index is 12.0. The van der Waals surface area contributed by atoms with Crippen molar-refractivity contribution in [3.8, 4) is 0 Å². The van der Waals surface area contributed by atoms with Crippen LogP contribution in [0.2, 0.25) is 0 Å². The number of nitrogens with one attached hydrogen (secondary N) is 1. The summed E-state index contributed by atoms with van der Waals surface area (Å²) in [5, 5.41) is 3.14. The number of likely N-dealkylation sites (tertiary alicyclic amines) is 1. The highest BCUT2D eigenvalue weighted by molar-refractivity contribution is 5.76. The van der Waals surface area contributed by atoms with E-state index in [1.54, 1.807) is 0 Å². The summed E-state index contributed by atoms with van der Waals surface area (Å²) in [6.07, 6.45) is 9.62. The zero-order valence-corrected chi connectivity index (χ0v) is 14.1. The van der Waals surface area contributed by atoms with E-state index in [4.69, 9.17) is 4.42 Å². The van der Waals surface area contributed by atoms with Crippen LogP contribution >= 0.6 is 0 Å². The molecule has 1 saturated heterocycles. The molecule has 4 nitrogen and oxygen atoms in total. The van der Waals surface area contributed by atoms with Gasteiger partial charge in [0.1, 0.15) is 11.5 Å². The van der Waals surface area contributed by atoms with Gasteiger partial charge in [0, 0.05) is 13.0 Å². The molecule has 1 atom stereocenters. The van der Waals surface area contributed by atoms with Gasteiger partial charge in [-0.2, -0.15) is 0 Å². The van der Waals surface area contributed by atoms with E-state index in [0.717, 1.165) is 63.4 Å². The summed E-state index contributed by atoms with van der Waals surface area (Å²) in [4.78, 5) is 14.4. The molecule has 2 aliphatic rings. The average Bonchev–Trinajstić information content (AvgIpc) is 3.18. The summed E-state index contributed by atoms with van der Waals surface area (Å²) in [7, 11) is 0. The number of hydrogen-bond acceptors (Lipinski definition) is 3. The van der Waals surface area contributed by atoms with Crippen molar-refractivity contribution in [1.82, 2.24) is 10.2 Å². The molecule has 126 valence electrons. The number of nitrogens with zero attached hydrogens (tertiary/aromatic N) is 1. The van der Waals surface area contributed by atoms with Crippen molar-refractivity contribution >= 4 is 5.91 Å². The third-order valence-electron chi connectivity index (χ3n) is 5.03. The summed E-state index contributed by atoms with van der Waals surface area (Å²) in [5.74, 6) is 3.34. The fourth-order valence-corrected chi connectivity index (χ4v) is 3.57. The molecule has 1 aromatic heterocycles. The minimum atomic E-state index is 0.218. The maximum atomic E-state index is 12.0. The molecule has 0 saturated carbocycles. The highest BCUT2D eigenvalue weighted by Gasteiger charge is 2.21. The monoisotopic (exact) mass is 316 g/mol. The third-order valence-corrected chi connectivity index (χ3v) is 5.03. The summed E-state index contributed by atoms with van der Waals surface area (Å²) in [5.41, 5.74) is 0. The lowest BCUT2D eigenvalue weighted by Gasteiger charge is -2.31. The van der Waals surface area contributed by atoms with E-state index >= 15 is 0 Å². The molecule has 0 bridgehead atoms. The van der Waals surface area contributed by atoms with Crippen LogP contribution in [0, 0.1) is 18.8 Å². The number of carbonyl (C=O) groups is 1. The molecular weight excluding hydrogens is 288 g/mol. The Morgan fingerprint density at radius 3 is 2.78 bits per heavy atom. The van der Waals surface area contributed by atoms with Gasteiger partial charge >= 0.3 is 0 Å². The molecule has 1 fully saturated rings. The van der Waals surface area contributed by atoms with Crippen molar-refractivity contribution in [3.05, 3.63) is 35.8 Å². The van der Waals surface area contributed by atoms with E-state index < -0.39 is 0 Å². The summed E-state index contributed by atoms with van der Waals surface area (Å²) in [6, 6.07) is 4.09. The van der Waals surface area contributed by atoms with Gasteiger partial charge in [-0.3, -0.25) is 9.69 Å². The number of piperidine rings is 1. The molecule has 1 amide bonds. The first-order chi connectivity index (χ1) is 11.2. The van der Waals surface area contributed by atoms with Gasteiger partial charge in [-0.1, -0.05) is 12.2 Å². The Morgan fingerprint density at radius 2 is 2.13 bits per heavy atom. The molecule has 1 aromatic rings. The number of allylic oxidation sites excluding steroid dienone is 2. The molecule has 0 radical (unpaired) electrons. The van der Waals surface area contributed by atoms with Gasteiger partial charge in [0.2, 0.25) is 5.91 Å². The predicted octanol–water partition coefficient (Wildman–Crippen LogP) is 3.27. The molecule has 1 aliphatic carbocycles. The highest BCUT2D eigenvalue weighted by Crippen LogP contribution is 2.21. The lowest BCUT2D eigenvalue weighted by Crippen LogP contribution is -2.38. The van der Waals surface area contributed by atoms with Crippen molar-refractivity contribution in [3.63, 3.8) is 0 Å². The van der Waals surface area contributed by atoms with Crippen molar-refractivity contribution in [2.75, 3.05) is 19.6 Å². The Bertz CT molecular complexity index is 541. The third kappa shape index (κ3) is 4.96. The summed E-state index contributed by atoms with van der Waals surface area (Å²) < 4.78 is 5.65. The first kappa shape index (κ1) is 16.3. The largest absolute Gasteiger partial charge is 0.465 e. The Morgan fingerprint density at radius 1 is 1.30 bits per heavy atom. The maximum Gasteiger partial charge on any atom is 0.220 e. The number of amides is 1. The van der Waals surface area contributed by atoms with Crippen LogP contribution in [0.5, 0.6) is 0 Å². The normalized spacial score (nSPS) is 22.6. The van der Waals surface area contributed by atoms with Crippen molar-refractivity contribution in [1.29, 1.82) is 0 Å². The molecule has 1 aliphatic heterocycles. The second-order valence-corrected chi connectivity index (χ2v) is 7.01. The SMILES string of the molecule is Cc1ccc(CN2CCC(CNC(=O)C[C@@H]3C=CCC3)CC2)o1. The first-order valence-electron chi connectivity index (χ1n) is 8.90. The lowest BCUT2D eigenvalue weighted by molar-refractivity contribution is -0.122. The van der Waals surface area contributed by atoms with Crippen LogP contribution in [0.4, 0.5) is 0 Å². The van der Waals surface area contributed by atoms with E-state index in [0.29, 0.717) is 18.3 Å². The van der Waals surface area contributed by atoms with Gasteiger partial charge in [0.25, 0.3) is 0 Å². The number of aryl methyl sites for hydroxylation is 1. The van der Waals surface area contributed by atoms with Gasteiger partial charge in [-0.15, -0.1) is 0 Å². The van der Waals surface area contributed by atoms with Crippen LogP contribution in [0.1, 0.15) is 43.6 Å². The number of hydrogen-bond donors (Lipinski definition) is 1. The summed E-state index contributed by atoms with van der Waals surface area (Å²) in [6.45, 7) is 5.90. The lowest BCUT2D eigenvalue weighted by atomic mass is 9.96. The number of carbonyl (C=O) groups excluding carboxylic acids is 1. The molecule has 4 heteroatoms. The number of furan rings is 1. The van der Waals surface area contributed by atoms with Gasteiger partial charge in [-0.05, 0) is 69.7 Å². The fourth-order valence-electron chi connectivity index (χ4n) is 3.57. The van der Waals surface area contributed by atoms with Crippen LogP contribution in [-0.4, -0.2) is 30.4 Å². The quantitative estimate of drug-likeness (QED) is 0.819. The van der Waals surface area contributed by atoms with Crippen molar-refractivity contribution in [2.24, 2.45) is 11.8 Å². The predicted molar refractivity (Wildman–Crippen MR) is 90.9 cm³/mol. The van der Waals surface area contributed by atoms with E-state index in [2.05, 4.69) is 28.4 Å². The minimum absolute atomic E-state index is 0.218. The Labute approximate surface area is 138 Å². The Kier molecular flexibility index (Phi) is 5.55. The van der Waals surface area contributed by atoms with Crippen molar-refractivity contribution < 1.29 is 9.21 Å². The van der Waals surface area contributed by atoms with Gasteiger partial charge in [-0.25, -0.2) is 0 Å². The minimum Gasteiger partial charge on any atom is -0.465 e. The molecule has 23 heavy (non-hydrogen) atoms. The van der Waals surface area contributed by atoms with E-state index in [9.17, 15) is 4.79 Å². The van der Waals surface area contributed by atoms with Crippen LogP contribution in [0.15, 0.2) is 28.7 Å². The second kappa shape index (κ2) is 7.82. The van der Waals surface area contributed by atoms with Gasteiger partial charge in [0.15, 0.2) is 0 Å². The summed E-state index contributed by atoms with van der Waals surface area (Å²) >= 11 is 0. The number of rotatable bonds is 6. The Hall–Kier alpha value is -1.55. The van der Waals surface area contributed by atoms with Gasteiger partial charge < -0.3 is 9.73 Å². The van der Waals surface area contributed by atoms with Gasteiger partial charge in [0.05, 0.1) is 6.54 Å². The molecule has 1 N–H and O–H groups in total. The standard InChI is InChI=1S/C19H28N2O2/c1-15-6-7-18(23-15)14-21-10-8-17(9-11-21)13-20-19(22)12-16-4-2-3-5-16/h2,4,6-7,16-17H,3,5,8-14H2,1H3,(H,20,22)/t16-/m1/s1. The molecule has 0 unspecified atom stereocenters. The van der Waals surface area contributed by atoms with Crippen LogP contribution in [0.25, 0.3) is 0 Å². The smallest absolute Gasteiger partial charge is 0.220 e. The highest BCUT2D eigenvalue weighted by atomic mass is 16.3. The zero-order valence-electron chi connectivity index (χ0n) is 14.1. The van der Waals surface area contributed by atoms with Crippen LogP contribution in [0.3, 0.4) is 0 Å². The van der Waals surface area contributed by atoms with Crippen LogP contribution < -0.4 is 5.32 Å². The zero-order chi connectivity index (χ0) is 16.1. The van der Waals surface area contributed by atoms with Crippen LogP contribution in [-0.2, 0) is 11.3 Å². The Balaban J connectivity index is 1.32. The molecule has 0 aromatic carbocycles. The second-order valence-electron chi connectivity index (χ2n) is 7.01. The first-order valence-corrected chi connectivity index (χ1v) is 8.90. The van der Waals surface area contributed by atoms with Crippen molar-refractivity contribution in [2.45, 2.75) is 45.6 Å². The van der Waals surface area contributed by atoms with E-state index in [1.165, 1.54) is 0 Å². The molecule has 2 heterocycles. The van der Waals surface area contributed by atoms with E-state index in [-0.39, 0.29) is 5.91 Å². The topological polar surface area (TPSA) is 45.5 Å². The van der Waals surface area contributed by atoms with E-state index in [1.807, 2.05) is 13.0 Å².